The number of hydrogen-bond donors (Lipinski definition) is 2. The van der Waals surface area contributed by atoms with Crippen molar-refractivity contribution in [2.24, 2.45) is 4.99 Å². The minimum absolute atomic E-state index is 0.189. The Labute approximate surface area is 161 Å². The van der Waals surface area contributed by atoms with Gasteiger partial charge in [0.05, 0.1) is 13.1 Å². The van der Waals surface area contributed by atoms with E-state index in [4.69, 9.17) is 0 Å². The topological polar surface area (TPSA) is 52.6 Å². The number of aliphatic imine (C=N–C) groups is 1. The third-order valence-electron chi connectivity index (χ3n) is 3.53. The number of hydrogen-bond acceptors (Lipinski definition) is 4. The molecule has 0 unspecified atom stereocenters. The van der Waals surface area contributed by atoms with Gasteiger partial charge in [-0.05, 0) is 32.1 Å². The molecule has 0 aliphatic carbocycles. The van der Waals surface area contributed by atoms with Gasteiger partial charge in [-0.2, -0.15) is 13.2 Å². The molecule has 0 aliphatic heterocycles. The lowest BCUT2D eigenvalue weighted by atomic mass is 10.1. The van der Waals surface area contributed by atoms with Crippen molar-refractivity contribution in [2.75, 3.05) is 20.6 Å². The zero-order valence-electron chi connectivity index (χ0n) is 15.6. The van der Waals surface area contributed by atoms with E-state index in [-0.39, 0.29) is 6.54 Å². The monoisotopic (exact) mass is 399 g/mol. The number of thiazole rings is 1. The van der Waals surface area contributed by atoms with Crippen LogP contribution in [0.1, 0.15) is 28.8 Å². The van der Waals surface area contributed by atoms with Gasteiger partial charge in [0.15, 0.2) is 11.7 Å². The summed E-state index contributed by atoms with van der Waals surface area (Å²) < 4.78 is 37.8. The van der Waals surface area contributed by atoms with Gasteiger partial charge in [0.2, 0.25) is 0 Å². The molecule has 27 heavy (non-hydrogen) atoms. The molecule has 1 heterocycles. The van der Waals surface area contributed by atoms with Gasteiger partial charge in [-0.3, -0.25) is 0 Å². The fraction of sp³-hybridized carbons (Fsp3) is 0.444. The maximum atomic E-state index is 12.6. The lowest BCUT2D eigenvalue weighted by Gasteiger charge is -2.11. The van der Waals surface area contributed by atoms with Gasteiger partial charge in [-0.15, -0.1) is 11.3 Å². The van der Waals surface area contributed by atoms with E-state index in [0.717, 1.165) is 28.8 Å². The van der Waals surface area contributed by atoms with Crippen molar-refractivity contribution in [3.05, 3.63) is 51.5 Å². The van der Waals surface area contributed by atoms with Crippen LogP contribution >= 0.6 is 11.3 Å². The number of aromatic nitrogens is 1. The van der Waals surface area contributed by atoms with Crippen LogP contribution in [-0.4, -0.2) is 36.5 Å². The van der Waals surface area contributed by atoms with Crippen molar-refractivity contribution in [1.29, 1.82) is 0 Å². The van der Waals surface area contributed by atoms with Gasteiger partial charge >= 0.3 is 6.18 Å². The number of nitrogens with one attached hydrogen (secondary N) is 2. The minimum atomic E-state index is -4.41. The molecule has 0 radical (unpaired) electrons. The highest BCUT2D eigenvalue weighted by atomic mass is 32.1. The summed E-state index contributed by atoms with van der Waals surface area (Å²) in [4.78, 5) is 10.2. The zero-order chi connectivity index (χ0) is 19.9. The van der Waals surface area contributed by atoms with Gasteiger partial charge in [0.1, 0.15) is 5.01 Å². The fourth-order valence-corrected chi connectivity index (χ4v) is 3.05. The standard InChI is InChI=1S/C18H24F3N5S/c1-4-22-17(24-10-16-25-15(12-27-16)18(19,20)21)23-9-13-5-7-14(8-6-13)11-26(2)3/h5-8,12H,4,9-11H2,1-3H3,(H2,22,23,24). The van der Waals surface area contributed by atoms with Crippen LogP contribution in [0.25, 0.3) is 0 Å². The van der Waals surface area contributed by atoms with E-state index in [0.29, 0.717) is 24.1 Å². The average Bonchev–Trinajstić information content (AvgIpc) is 3.07. The van der Waals surface area contributed by atoms with Gasteiger partial charge in [-0.1, -0.05) is 24.3 Å². The highest BCUT2D eigenvalue weighted by molar-refractivity contribution is 7.09. The third-order valence-corrected chi connectivity index (χ3v) is 4.38. The molecule has 2 rings (SSSR count). The summed E-state index contributed by atoms with van der Waals surface area (Å²) in [5.74, 6) is 0.540. The van der Waals surface area contributed by atoms with E-state index in [2.05, 4.69) is 37.6 Å². The fourth-order valence-electron chi connectivity index (χ4n) is 2.31. The molecule has 1 aromatic heterocycles. The van der Waals surface area contributed by atoms with E-state index in [1.165, 1.54) is 5.56 Å². The maximum absolute atomic E-state index is 12.6. The highest BCUT2D eigenvalue weighted by Crippen LogP contribution is 2.29. The molecule has 0 saturated heterocycles. The van der Waals surface area contributed by atoms with Gasteiger partial charge < -0.3 is 15.5 Å². The van der Waals surface area contributed by atoms with Gasteiger partial charge in [0, 0.05) is 18.5 Å². The molecule has 0 atom stereocenters. The van der Waals surface area contributed by atoms with Crippen molar-refractivity contribution in [3.8, 4) is 0 Å². The van der Waals surface area contributed by atoms with Gasteiger partial charge in [0.25, 0.3) is 0 Å². The van der Waals surface area contributed by atoms with Crippen molar-refractivity contribution in [1.82, 2.24) is 20.5 Å². The molecule has 9 heteroatoms. The minimum Gasteiger partial charge on any atom is -0.357 e. The summed E-state index contributed by atoms with van der Waals surface area (Å²) in [5, 5.41) is 7.49. The van der Waals surface area contributed by atoms with Crippen LogP contribution < -0.4 is 10.6 Å². The first-order chi connectivity index (χ1) is 12.8. The second-order valence-corrected chi connectivity index (χ2v) is 7.17. The Morgan fingerprint density at radius 3 is 2.37 bits per heavy atom. The average molecular weight is 399 g/mol. The molecule has 148 valence electrons. The zero-order valence-corrected chi connectivity index (χ0v) is 16.4. The van der Waals surface area contributed by atoms with Crippen LogP contribution in [0.2, 0.25) is 0 Å². The predicted molar refractivity (Wildman–Crippen MR) is 103 cm³/mol. The number of halogens is 3. The summed E-state index contributed by atoms with van der Waals surface area (Å²) in [6, 6.07) is 8.20. The number of guanidine groups is 1. The van der Waals surface area contributed by atoms with Crippen LogP contribution in [0.3, 0.4) is 0 Å². The number of benzene rings is 1. The highest BCUT2D eigenvalue weighted by Gasteiger charge is 2.33. The van der Waals surface area contributed by atoms with Crippen molar-refractivity contribution in [3.63, 3.8) is 0 Å². The lowest BCUT2D eigenvalue weighted by molar-refractivity contribution is -0.140. The quantitative estimate of drug-likeness (QED) is 0.553. The molecule has 0 bridgehead atoms. The maximum Gasteiger partial charge on any atom is 0.434 e. The Balaban J connectivity index is 1.94. The van der Waals surface area contributed by atoms with Crippen LogP contribution in [0.5, 0.6) is 0 Å². The second-order valence-electron chi connectivity index (χ2n) is 6.23. The first-order valence-corrected chi connectivity index (χ1v) is 9.42. The second kappa shape index (κ2) is 9.70. The number of rotatable bonds is 7. The van der Waals surface area contributed by atoms with E-state index in [1.54, 1.807) is 0 Å². The largest absolute Gasteiger partial charge is 0.434 e. The Kier molecular flexibility index (Phi) is 7.61. The number of nitrogens with zero attached hydrogens (tertiary/aromatic N) is 3. The molecule has 0 fully saturated rings. The molecular weight excluding hydrogens is 375 g/mol. The van der Waals surface area contributed by atoms with E-state index in [1.807, 2.05) is 33.2 Å². The molecule has 2 N–H and O–H groups in total. The predicted octanol–water partition coefficient (Wildman–Crippen LogP) is 3.48. The molecule has 2 aromatic rings. The Hall–Kier alpha value is -2.13. The molecule has 0 amide bonds. The Morgan fingerprint density at radius 2 is 1.81 bits per heavy atom. The lowest BCUT2D eigenvalue weighted by Crippen LogP contribution is -2.36. The summed E-state index contributed by atoms with van der Waals surface area (Å²) in [5.41, 5.74) is 1.43. The SMILES string of the molecule is CCNC(=NCc1ccc(CN(C)C)cc1)NCc1nc(C(F)(F)F)cs1. The van der Waals surface area contributed by atoms with Crippen LogP contribution in [0, 0.1) is 0 Å². The van der Waals surface area contributed by atoms with Crippen LogP contribution in [-0.2, 0) is 25.8 Å². The molecular formula is C18H24F3N5S. The van der Waals surface area contributed by atoms with Gasteiger partial charge in [-0.25, -0.2) is 9.98 Å². The molecule has 0 spiro atoms. The van der Waals surface area contributed by atoms with Crippen LogP contribution in [0.15, 0.2) is 34.6 Å². The number of alkyl halides is 3. The smallest absolute Gasteiger partial charge is 0.357 e. The summed E-state index contributed by atoms with van der Waals surface area (Å²) >= 11 is 0.977. The van der Waals surface area contributed by atoms with Crippen molar-refractivity contribution >= 4 is 17.3 Å². The molecule has 0 saturated carbocycles. The van der Waals surface area contributed by atoms with Crippen molar-refractivity contribution in [2.45, 2.75) is 32.7 Å². The summed E-state index contributed by atoms with van der Waals surface area (Å²) in [6.45, 7) is 4.12. The third kappa shape index (κ3) is 7.18. The summed E-state index contributed by atoms with van der Waals surface area (Å²) in [7, 11) is 4.04. The first-order valence-electron chi connectivity index (χ1n) is 8.54. The molecule has 0 aliphatic rings. The Morgan fingerprint density at radius 1 is 1.15 bits per heavy atom. The molecule has 1 aromatic carbocycles. The van der Waals surface area contributed by atoms with E-state index >= 15 is 0 Å². The Bertz CT molecular complexity index is 738. The van der Waals surface area contributed by atoms with Crippen LogP contribution in [0.4, 0.5) is 13.2 Å². The van der Waals surface area contributed by atoms with Crippen molar-refractivity contribution < 1.29 is 13.2 Å². The normalized spacial score (nSPS) is 12.5. The van der Waals surface area contributed by atoms with E-state index in [9.17, 15) is 13.2 Å². The summed E-state index contributed by atoms with van der Waals surface area (Å²) in [6.07, 6.45) is -4.41. The van der Waals surface area contributed by atoms with E-state index < -0.39 is 11.9 Å². The molecule has 5 nitrogen and oxygen atoms in total. The first kappa shape index (κ1) is 21.2.